The van der Waals surface area contributed by atoms with Gasteiger partial charge in [0.1, 0.15) is 0 Å². The maximum Gasteiger partial charge on any atom is 0.418 e. The van der Waals surface area contributed by atoms with Crippen molar-refractivity contribution in [2.24, 2.45) is 0 Å². The first kappa shape index (κ1) is 14.4. The van der Waals surface area contributed by atoms with Gasteiger partial charge in [0.05, 0.1) is 22.5 Å². The summed E-state index contributed by atoms with van der Waals surface area (Å²) in [7, 11) is 0. The van der Waals surface area contributed by atoms with Crippen LogP contribution in [0, 0.1) is 11.3 Å². The number of aldehydes is 1. The summed E-state index contributed by atoms with van der Waals surface area (Å²) in [5.74, 6) is -0.511. The van der Waals surface area contributed by atoms with Crippen LogP contribution in [0.1, 0.15) is 31.8 Å². The minimum absolute atomic E-state index is 0.0192. The number of alkyl halides is 4. The predicted octanol–water partition coefficient (Wildman–Crippen LogP) is 2.97. The minimum Gasteiger partial charge on any atom is -0.298 e. The van der Waals surface area contributed by atoms with Crippen molar-refractivity contribution in [1.82, 2.24) is 0 Å². The Balaban J connectivity index is 3.61. The highest BCUT2D eigenvalue weighted by molar-refractivity contribution is 9.09. The van der Waals surface area contributed by atoms with Crippen molar-refractivity contribution in [2.75, 3.05) is 5.33 Å². The summed E-state index contributed by atoms with van der Waals surface area (Å²) in [5, 5.41) is 8.58. The van der Waals surface area contributed by atoms with Crippen LogP contribution < -0.4 is 0 Å². The molecule has 0 atom stereocenters. The second-order valence-electron chi connectivity index (χ2n) is 3.27. The van der Waals surface area contributed by atoms with Crippen LogP contribution in [0.4, 0.5) is 13.2 Å². The number of carbonyl (C=O) groups excluding carboxylic acids is 2. The highest BCUT2D eigenvalue weighted by Crippen LogP contribution is 2.34. The Hall–Kier alpha value is -1.68. The summed E-state index contributed by atoms with van der Waals surface area (Å²) in [6, 6.07) is 3.02. The Labute approximate surface area is 108 Å². The Morgan fingerprint density at radius 2 is 2.06 bits per heavy atom. The van der Waals surface area contributed by atoms with E-state index in [-0.39, 0.29) is 17.2 Å². The topological polar surface area (TPSA) is 57.9 Å². The highest BCUT2D eigenvalue weighted by atomic mass is 79.9. The summed E-state index contributed by atoms with van der Waals surface area (Å²) in [4.78, 5) is 22.0. The predicted molar refractivity (Wildman–Crippen MR) is 59.7 cm³/mol. The van der Waals surface area contributed by atoms with E-state index in [2.05, 4.69) is 15.9 Å². The van der Waals surface area contributed by atoms with Crippen molar-refractivity contribution in [1.29, 1.82) is 5.26 Å². The highest BCUT2D eigenvalue weighted by Gasteiger charge is 2.37. The fraction of sp³-hybridized carbons (Fsp3) is 0.182. The second-order valence-corrected chi connectivity index (χ2v) is 3.83. The van der Waals surface area contributed by atoms with E-state index in [0.717, 1.165) is 12.1 Å². The lowest BCUT2D eigenvalue weighted by molar-refractivity contribution is -0.138. The van der Waals surface area contributed by atoms with E-state index in [1.54, 1.807) is 0 Å². The molecule has 0 aliphatic rings. The third kappa shape index (κ3) is 2.76. The molecule has 0 aromatic heterocycles. The zero-order valence-corrected chi connectivity index (χ0v) is 10.3. The third-order valence-electron chi connectivity index (χ3n) is 2.14. The number of halogens is 4. The molecule has 0 aliphatic heterocycles. The van der Waals surface area contributed by atoms with Gasteiger partial charge in [-0.15, -0.1) is 0 Å². The fourth-order valence-electron chi connectivity index (χ4n) is 1.40. The Bertz CT molecular complexity index is 546. The van der Waals surface area contributed by atoms with Crippen LogP contribution in [0.5, 0.6) is 0 Å². The van der Waals surface area contributed by atoms with Gasteiger partial charge in [-0.2, -0.15) is 18.4 Å². The quantitative estimate of drug-likeness (QED) is 0.489. The standard InChI is InChI=1S/C11H5BrF3NO2/c12-3-9(18)6-1-7(4-16)10(11(13,14)15)8(2-6)5-17/h1-2,5H,3H2. The monoisotopic (exact) mass is 319 g/mol. The summed E-state index contributed by atoms with van der Waals surface area (Å²) in [6.45, 7) is 0. The van der Waals surface area contributed by atoms with Gasteiger partial charge >= 0.3 is 6.18 Å². The summed E-state index contributed by atoms with van der Waals surface area (Å²) in [5.41, 5.74) is -2.88. The molecule has 0 fully saturated rings. The lowest BCUT2D eigenvalue weighted by atomic mass is 9.97. The fourth-order valence-corrected chi connectivity index (χ4v) is 1.72. The molecule has 1 aromatic rings. The van der Waals surface area contributed by atoms with Crippen LogP contribution in [0.25, 0.3) is 0 Å². The summed E-state index contributed by atoms with van der Waals surface area (Å²) < 4.78 is 38.1. The van der Waals surface area contributed by atoms with Crippen molar-refractivity contribution in [3.63, 3.8) is 0 Å². The minimum atomic E-state index is -4.82. The number of hydrogen-bond donors (Lipinski definition) is 0. The number of nitrogens with zero attached hydrogens (tertiary/aromatic N) is 1. The maximum absolute atomic E-state index is 12.7. The van der Waals surface area contributed by atoms with Crippen LogP contribution >= 0.6 is 15.9 Å². The molecule has 0 saturated heterocycles. The molecule has 94 valence electrons. The van der Waals surface area contributed by atoms with E-state index in [9.17, 15) is 22.8 Å². The molecule has 0 N–H and O–H groups in total. The van der Waals surface area contributed by atoms with E-state index in [1.807, 2.05) is 0 Å². The SMILES string of the molecule is N#Cc1cc(C(=O)CBr)cc(C=O)c1C(F)(F)F. The Kier molecular flexibility index (Phi) is 4.24. The molecule has 0 spiro atoms. The molecule has 0 saturated carbocycles. The average Bonchev–Trinajstić information content (AvgIpc) is 2.34. The molecule has 1 aromatic carbocycles. The van der Waals surface area contributed by atoms with Gasteiger partial charge in [-0.3, -0.25) is 9.59 Å². The molecule has 7 heteroatoms. The molecule has 0 heterocycles. The van der Waals surface area contributed by atoms with E-state index in [0.29, 0.717) is 0 Å². The van der Waals surface area contributed by atoms with Gasteiger partial charge in [0.15, 0.2) is 12.1 Å². The largest absolute Gasteiger partial charge is 0.418 e. The van der Waals surface area contributed by atoms with E-state index < -0.39 is 28.6 Å². The molecule has 0 radical (unpaired) electrons. The molecule has 0 unspecified atom stereocenters. The van der Waals surface area contributed by atoms with Crippen molar-refractivity contribution < 1.29 is 22.8 Å². The van der Waals surface area contributed by atoms with Gasteiger partial charge in [0, 0.05) is 11.1 Å². The Morgan fingerprint density at radius 1 is 1.44 bits per heavy atom. The van der Waals surface area contributed by atoms with E-state index in [1.165, 1.54) is 6.07 Å². The van der Waals surface area contributed by atoms with Gasteiger partial charge in [-0.1, -0.05) is 15.9 Å². The molecular formula is C11H5BrF3NO2. The van der Waals surface area contributed by atoms with Crippen LogP contribution in [0.2, 0.25) is 0 Å². The summed E-state index contributed by atoms with van der Waals surface area (Å²) >= 11 is 2.86. The normalized spacial score (nSPS) is 10.8. The van der Waals surface area contributed by atoms with Crippen molar-refractivity contribution in [2.45, 2.75) is 6.18 Å². The van der Waals surface area contributed by atoms with Crippen LogP contribution in [-0.4, -0.2) is 17.4 Å². The molecule has 1 rings (SSSR count). The number of carbonyl (C=O) groups is 2. The molecule has 0 bridgehead atoms. The average molecular weight is 320 g/mol. The van der Waals surface area contributed by atoms with Crippen LogP contribution in [0.15, 0.2) is 12.1 Å². The van der Waals surface area contributed by atoms with Crippen molar-refractivity contribution >= 4 is 28.0 Å². The molecule has 3 nitrogen and oxygen atoms in total. The van der Waals surface area contributed by atoms with Crippen LogP contribution in [-0.2, 0) is 6.18 Å². The first-order chi connectivity index (χ1) is 8.35. The number of Topliss-reactive ketones (excluding diaryl/α,β-unsaturated/α-hetero) is 1. The maximum atomic E-state index is 12.7. The van der Waals surface area contributed by atoms with E-state index >= 15 is 0 Å². The van der Waals surface area contributed by atoms with Gasteiger partial charge in [0.2, 0.25) is 0 Å². The first-order valence-electron chi connectivity index (χ1n) is 4.54. The Morgan fingerprint density at radius 3 is 2.44 bits per heavy atom. The molecule has 0 amide bonds. The molecular weight excluding hydrogens is 315 g/mol. The number of rotatable bonds is 3. The van der Waals surface area contributed by atoms with Gasteiger partial charge in [-0.05, 0) is 12.1 Å². The van der Waals surface area contributed by atoms with Gasteiger partial charge in [-0.25, -0.2) is 0 Å². The molecule has 0 aliphatic carbocycles. The van der Waals surface area contributed by atoms with Crippen molar-refractivity contribution in [3.8, 4) is 6.07 Å². The lowest BCUT2D eigenvalue weighted by Crippen LogP contribution is -2.14. The third-order valence-corrected chi connectivity index (χ3v) is 2.65. The number of nitriles is 1. The summed E-state index contributed by atoms with van der Waals surface area (Å²) in [6.07, 6.45) is -4.84. The zero-order valence-electron chi connectivity index (χ0n) is 8.71. The number of benzene rings is 1. The van der Waals surface area contributed by atoms with E-state index in [4.69, 9.17) is 5.26 Å². The van der Waals surface area contributed by atoms with Gasteiger partial charge in [0.25, 0.3) is 0 Å². The van der Waals surface area contributed by atoms with Crippen LogP contribution in [0.3, 0.4) is 0 Å². The van der Waals surface area contributed by atoms with Crippen molar-refractivity contribution in [3.05, 3.63) is 34.4 Å². The first-order valence-corrected chi connectivity index (χ1v) is 5.67. The number of ketones is 1. The zero-order chi connectivity index (χ0) is 13.9. The number of hydrogen-bond acceptors (Lipinski definition) is 3. The lowest BCUT2D eigenvalue weighted by Gasteiger charge is -2.12. The smallest absolute Gasteiger partial charge is 0.298 e. The molecule has 18 heavy (non-hydrogen) atoms. The van der Waals surface area contributed by atoms with Gasteiger partial charge < -0.3 is 0 Å². The second kappa shape index (κ2) is 5.31.